The molecule has 160 valence electrons. The largest absolute Gasteiger partial charge is 0.396 e. The molecule has 7 heteroatoms. The summed E-state index contributed by atoms with van der Waals surface area (Å²) in [6, 6.07) is 3.58. The Morgan fingerprint density at radius 1 is 1.23 bits per heavy atom. The Morgan fingerprint density at radius 3 is 2.60 bits per heavy atom. The smallest absolute Gasteiger partial charge is 0.244 e. The van der Waals surface area contributed by atoms with Gasteiger partial charge in [-0.05, 0) is 63.7 Å². The normalized spacial score (nSPS) is 24.5. The molecule has 1 amide bonds. The maximum atomic E-state index is 12.0. The first kappa shape index (κ1) is 20.6. The Morgan fingerprint density at radius 2 is 1.97 bits per heavy atom. The number of nitrogens with two attached hydrogens (primary N) is 1. The number of aliphatic hydroxyl groups excluding tert-OH is 1. The van der Waals surface area contributed by atoms with Crippen molar-refractivity contribution < 1.29 is 15.0 Å². The van der Waals surface area contributed by atoms with Gasteiger partial charge in [-0.25, -0.2) is 0 Å². The van der Waals surface area contributed by atoms with E-state index in [2.05, 4.69) is 0 Å². The van der Waals surface area contributed by atoms with Crippen LogP contribution in [0.1, 0.15) is 51.1 Å². The molecule has 4 N–H and O–H groups in total. The molecule has 1 unspecified atom stereocenters. The zero-order chi connectivity index (χ0) is 21.5. The Balaban J connectivity index is 1.75. The van der Waals surface area contributed by atoms with Crippen LogP contribution in [-0.4, -0.2) is 38.5 Å². The highest BCUT2D eigenvalue weighted by molar-refractivity contribution is 5.90. The van der Waals surface area contributed by atoms with Crippen LogP contribution >= 0.6 is 0 Å². The molecular weight excluding hydrogens is 380 g/mol. The predicted octanol–water partition coefficient (Wildman–Crippen LogP) is 2.73. The second-order valence-corrected chi connectivity index (χ2v) is 8.93. The molecule has 1 fully saturated rings. The van der Waals surface area contributed by atoms with Crippen molar-refractivity contribution in [3.63, 3.8) is 0 Å². The summed E-state index contributed by atoms with van der Waals surface area (Å²) in [6.45, 7) is 3.71. The van der Waals surface area contributed by atoms with E-state index in [1.807, 2.05) is 35.3 Å². The average Bonchev–Trinajstić information content (AvgIpc) is 3.15. The molecule has 1 aromatic heterocycles. The van der Waals surface area contributed by atoms with Crippen molar-refractivity contribution in [2.75, 3.05) is 11.5 Å². The number of carbonyl (C=O) groups is 1. The van der Waals surface area contributed by atoms with Crippen molar-refractivity contribution in [3.8, 4) is 0 Å². The molecule has 1 aromatic carbocycles. The first-order chi connectivity index (χ1) is 14.3. The van der Waals surface area contributed by atoms with Crippen LogP contribution in [0.5, 0.6) is 0 Å². The Hall–Kier alpha value is -2.64. The molecule has 2 aromatic rings. The lowest BCUT2D eigenvalue weighted by Crippen LogP contribution is -2.42. The lowest BCUT2D eigenvalue weighted by Gasteiger charge is -2.33. The minimum Gasteiger partial charge on any atom is -0.396 e. The van der Waals surface area contributed by atoms with Gasteiger partial charge in [0.05, 0.1) is 17.2 Å². The third-order valence-electron chi connectivity index (χ3n) is 6.27. The van der Waals surface area contributed by atoms with Crippen LogP contribution in [0.4, 0.5) is 5.69 Å². The molecule has 1 aliphatic heterocycles. The van der Waals surface area contributed by atoms with E-state index < -0.39 is 17.6 Å². The van der Waals surface area contributed by atoms with E-state index >= 15 is 0 Å². The summed E-state index contributed by atoms with van der Waals surface area (Å²) in [5.41, 5.74) is 6.75. The maximum Gasteiger partial charge on any atom is 0.244 e. The second-order valence-electron chi connectivity index (χ2n) is 8.93. The molecule has 4 rings (SSSR count). The van der Waals surface area contributed by atoms with E-state index in [1.165, 1.54) is 0 Å². The highest BCUT2D eigenvalue weighted by Crippen LogP contribution is 2.38. The molecule has 2 heterocycles. The van der Waals surface area contributed by atoms with Crippen LogP contribution in [0.2, 0.25) is 0 Å². The van der Waals surface area contributed by atoms with E-state index in [0.29, 0.717) is 17.5 Å². The number of anilines is 1. The molecule has 1 aliphatic carbocycles. The number of fused-ring (bicyclic) bond motifs is 1. The predicted molar refractivity (Wildman–Crippen MR) is 117 cm³/mol. The Labute approximate surface area is 176 Å². The number of benzene rings is 1. The highest BCUT2D eigenvalue weighted by atomic mass is 16.3. The number of rotatable bonds is 5. The first-order valence-corrected chi connectivity index (χ1v) is 10.6. The fourth-order valence-corrected chi connectivity index (χ4v) is 4.52. The topological polar surface area (TPSA) is 105 Å². The van der Waals surface area contributed by atoms with E-state index in [4.69, 9.17) is 10.8 Å². The second kappa shape index (κ2) is 7.89. The lowest BCUT2D eigenvalue weighted by atomic mass is 9.87. The van der Waals surface area contributed by atoms with E-state index in [1.54, 1.807) is 30.9 Å². The van der Waals surface area contributed by atoms with Crippen molar-refractivity contribution in [2.45, 2.75) is 57.2 Å². The van der Waals surface area contributed by atoms with Crippen molar-refractivity contribution in [3.05, 3.63) is 48.3 Å². The van der Waals surface area contributed by atoms with Crippen molar-refractivity contribution >= 4 is 22.5 Å². The fraction of sp³-hybridized carbons (Fsp3) is 0.478. The number of hydrogen-bond donors (Lipinski definition) is 3. The number of nitrogens with zero attached hydrogens (tertiary/aromatic N) is 3. The summed E-state index contributed by atoms with van der Waals surface area (Å²) in [5.74, 6) is -0.0574. The maximum absolute atomic E-state index is 12.0. The van der Waals surface area contributed by atoms with Crippen LogP contribution in [0.15, 0.2) is 42.8 Å². The van der Waals surface area contributed by atoms with Crippen molar-refractivity contribution in [1.82, 2.24) is 9.78 Å². The number of amides is 1. The minimum atomic E-state index is -1.12. The molecule has 0 radical (unpaired) electrons. The van der Waals surface area contributed by atoms with Crippen LogP contribution in [0, 0.1) is 5.92 Å². The molecule has 30 heavy (non-hydrogen) atoms. The standard InChI is InChI=1S/C23H30N4O3/c1-23(2,30)18-12-19-16(11-21(18)26-10-4-3-5-20(26)22(24)29)13-27(25-19)17-8-6-15(14-28)7-9-17/h3-5,10-13,15,17,20,28,30H,6-9,14H2,1-2H3,(H2,24,29). The van der Waals surface area contributed by atoms with Crippen molar-refractivity contribution in [2.24, 2.45) is 11.7 Å². The Kier molecular flexibility index (Phi) is 5.42. The van der Waals surface area contributed by atoms with Crippen LogP contribution in [-0.2, 0) is 10.4 Å². The molecule has 1 atom stereocenters. The minimum absolute atomic E-state index is 0.255. The van der Waals surface area contributed by atoms with Gasteiger partial charge in [0.2, 0.25) is 5.91 Å². The summed E-state index contributed by atoms with van der Waals surface area (Å²) in [4.78, 5) is 13.8. The zero-order valence-electron chi connectivity index (χ0n) is 17.5. The summed E-state index contributed by atoms with van der Waals surface area (Å²) < 4.78 is 2.02. The number of hydrogen-bond acceptors (Lipinski definition) is 5. The Bertz CT molecular complexity index is 994. The van der Waals surface area contributed by atoms with Gasteiger partial charge >= 0.3 is 0 Å². The van der Waals surface area contributed by atoms with Gasteiger partial charge in [0.25, 0.3) is 0 Å². The van der Waals surface area contributed by atoms with Crippen molar-refractivity contribution in [1.29, 1.82) is 0 Å². The molecule has 7 nitrogen and oxygen atoms in total. The van der Waals surface area contributed by atoms with Gasteiger partial charge < -0.3 is 20.8 Å². The van der Waals surface area contributed by atoms with Gasteiger partial charge in [0, 0.05) is 35.6 Å². The SMILES string of the molecule is CC(C)(O)c1cc2nn(C3CCC(CO)CC3)cc2cc1N1C=CC=CC1C(N)=O. The molecule has 1 saturated carbocycles. The van der Waals surface area contributed by atoms with Gasteiger partial charge in [0.15, 0.2) is 0 Å². The first-order valence-electron chi connectivity index (χ1n) is 10.6. The number of aromatic nitrogens is 2. The molecule has 0 bridgehead atoms. The lowest BCUT2D eigenvalue weighted by molar-refractivity contribution is -0.118. The molecule has 2 aliphatic rings. The third-order valence-corrected chi connectivity index (χ3v) is 6.27. The van der Waals surface area contributed by atoms with Crippen LogP contribution in [0.25, 0.3) is 10.9 Å². The number of aliphatic hydroxyl groups is 2. The van der Waals surface area contributed by atoms with Gasteiger partial charge in [-0.2, -0.15) is 5.10 Å². The quantitative estimate of drug-likeness (QED) is 0.703. The van der Waals surface area contributed by atoms with Gasteiger partial charge in [-0.15, -0.1) is 0 Å². The van der Waals surface area contributed by atoms with Crippen LogP contribution < -0.4 is 10.6 Å². The molecule has 0 spiro atoms. The van der Waals surface area contributed by atoms with Gasteiger partial charge in [-0.1, -0.05) is 12.2 Å². The van der Waals surface area contributed by atoms with E-state index in [-0.39, 0.29) is 6.61 Å². The van der Waals surface area contributed by atoms with E-state index in [9.17, 15) is 15.0 Å². The zero-order valence-corrected chi connectivity index (χ0v) is 17.5. The number of primary amides is 1. The van der Waals surface area contributed by atoms with Gasteiger partial charge in [0.1, 0.15) is 6.04 Å². The van der Waals surface area contributed by atoms with E-state index in [0.717, 1.165) is 42.3 Å². The summed E-state index contributed by atoms with van der Waals surface area (Å²) >= 11 is 0. The number of allylic oxidation sites excluding steroid dienone is 2. The van der Waals surface area contributed by atoms with Gasteiger partial charge in [-0.3, -0.25) is 9.48 Å². The fourth-order valence-electron chi connectivity index (χ4n) is 4.52. The summed E-state index contributed by atoms with van der Waals surface area (Å²) in [7, 11) is 0. The molecular formula is C23H30N4O3. The summed E-state index contributed by atoms with van der Waals surface area (Å²) in [5, 5.41) is 26.0. The van der Waals surface area contributed by atoms with Crippen LogP contribution in [0.3, 0.4) is 0 Å². The highest BCUT2D eigenvalue weighted by Gasteiger charge is 2.30. The average molecular weight is 411 g/mol. The summed E-state index contributed by atoms with van der Waals surface area (Å²) in [6.07, 6.45) is 13.2. The molecule has 0 saturated heterocycles. The monoisotopic (exact) mass is 410 g/mol. The third kappa shape index (κ3) is 3.87. The number of carbonyl (C=O) groups excluding carboxylic acids is 1.